The second kappa shape index (κ2) is 6.04. The Morgan fingerprint density at radius 1 is 1.22 bits per heavy atom. The maximum absolute atomic E-state index is 12.4. The molecule has 1 aromatic carbocycles. The molecule has 0 aliphatic rings. The van der Waals surface area contributed by atoms with Crippen LogP contribution in [-0.2, 0) is 13.6 Å². The molecule has 0 aliphatic carbocycles. The minimum atomic E-state index is -0.315. The fraction of sp³-hybridized carbons (Fsp3) is 0.250. The number of benzene rings is 1. The van der Waals surface area contributed by atoms with Gasteiger partial charge < -0.3 is 10.2 Å². The van der Waals surface area contributed by atoms with E-state index in [-0.39, 0.29) is 11.7 Å². The summed E-state index contributed by atoms with van der Waals surface area (Å²) in [5.74, 6) is 0.480. The van der Waals surface area contributed by atoms with Crippen molar-refractivity contribution in [2.24, 2.45) is 7.05 Å². The summed E-state index contributed by atoms with van der Waals surface area (Å²) >= 11 is 0. The Hall–Kier alpha value is -2.96. The van der Waals surface area contributed by atoms with Gasteiger partial charge in [0.1, 0.15) is 5.82 Å². The molecular formula is C16H18N6O. The molecule has 0 saturated carbocycles. The number of aromatic nitrogens is 4. The first-order valence-electron chi connectivity index (χ1n) is 7.25. The van der Waals surface area contributed by atoms with Crippen LogP contribution in [0.4, 0.5) is 5.82 Å². The van der Waals surface area contributed by atoms with E-state index in [9.17, 15) is 4.79 Å². The van der Waals surface area contributed by atoms with Crippen LogP contribution < -0.4 is 10.2 Å². The van der Waals surface area contributed by atoms with E-state index in [1.807, 2.05) is 62.6 Å². The lowest BCUT2D eigenvalue weighted by molar-refractivity contribution is 0.0941. The molecule has 0 fully saturated rings. The predicted molar refractivity (Wildman–Crippen MR) is 88.2 cm³/mol. The third-order valence-corrected chi connectivity index (χ3v) is 3.40. The van der Waals surface area contributed by atoms with Crippen LogP contribution in [0, 0.1) is 0 Å². The summed E-state index contributed by atoms with van der Waals surface area (Å²) in [6.45, 7) is 0.431. The van der Waals surface area contributed by atoms with Crippen molar-refractivity contribution >= 4 is 22.8 Å². The minimum absolute atomic E-state index is 0.121. The average molecular weight is 310 g/mol. The number of rotatable bonds is 4. The van der Waals surface area contributed by atoms with E-state index in [1.54, 1.807) is 4.68 Å². The summed E-state index contributed by atoms with van der Waals surface area (Å²) < 4.78 is 1.66. The van der Waals surface area contributed by atoms with Crippen molar-refractivity contribution in [2.75, 3.05) is 19.0 Å². The monoisotopic (exact) mass is 310 g/mol. The van der Waals surface area contributed by atoms with E-state index in [4.69, 9.17) is 0 Å². The van der Waals surface area contributed by atoms with E-state index in [1.165, 1.54) is 0 Å². The zero-order valence-corrected chi connectivity index (χ0v) is 13.3. The van der Waals surface area contributed by atoms with Crippen LogP contribution in [0.15, 0.2) is 36.5 Å². The molecule has 3 rings (SSSR count). The number of hydrogen-bond acceptors (Lipinski definition) is 5. The van der Waals surface area contributed by atoms with Gasteiger partial charge in [-0.3, -0.25) is 9.48 Å². The van der Waals surface area contributed by atoms with E-state index < -0.39 is 0 Å². The molecule has 0 atom stereocenters. The zero-order chi connectivity index (χ0) is 16.4. The SMILES string of the molecule is CN(C)c1nc(C(=O)NCc2ccccc2)nc2nn(C)cc12. The van der Waals surface area contributed by atoms with E-state index in [0.717, 1.165) is 10.9 Å². The van der Waals surface area contributed by atoms with Gasteiger partial charge in [-0.15, -0.1) is 0 Å². The highest BCUT2D eigenvalue weighted by atomic mass is 16.2. The fourth-order valence-corrected chi connectivity index (χ4v) is 2.30. The van der Waals surface area contributed by atoms with Crippen molar-refractivity contribution in [2.45, 2.75) is 6.54 Å². The highest BCUT2D eigenvalue weighted by Crippen LogP contribution is 2.21. The van der Waals surface area contributed by atoms with Crippen molar-refractivity contribution in [3.63, 3.8) is 0 Å². The van der Waals surface area contributed by atoms with Gasteiger partial charge in [0.25, 0.3) is 5.91 Å². The number of hydrogen-bond donors (Lipinski definition) is 1. The van der Waals surface area contributed by atoms with E-state index in [0.29, 0.717) is 18.0 Å². The number of carbonyl (C=O) groups is 1. The zero-order valence-electron chi connectivity index (χ0n) is 13.3. The summed E-state index contributed by atoms with van der Waals surface area (Å²) in [4.78, 5) is 22.8. The molecule has 0 spiro atoms. The molecule has 3 aromatic rings. The Kier molecular flexibility index (Phi) is 3.92. The first-order chi connectivity index (χ1) is 11.0. The van der Waals surface area contributed by atoms with Crippen LogP contribution >= 0.6 is 0 Å². The summed E-state index contributed by atoms with van der Waals surface area (Å²) in [5.41, 5.74) is 1.53. The Bertz CT molecular complexity index is 840. The Morgan fingerprint density at radius 3 is 2.65 bits per heavy atom. The second-order valence-corrected chi connectivity index (χ2v) is 5.47. The van der Waals surface area contributed by atoms with Crippen LogP contribution in [0.2, 0.25) is 0 Å². The number of fused-ring (bicyclic) bond motifs is 1. The second-order valence-electron chi connectivity index (χ2n) is 5.47. The number of nitrogens with one attached hydrogen (secondary N) is 1. The minimum Gasteiger partial charge on any atom is -0.362 e. The van der Waals surface area contributed by atoms with E-state index in [2.05, 4.69) is 20.4 Å². The van der Waals surface area contributed by atoms with Gasteiger partial charge in [0, 0.05) is 33.9 Å². The summed E-state index contributed by atoms with van der Waals surface area (Å²) in [7, 11) is 5.57. The number of carbonyl (C=O) groups excluding carboxylic acids is 1. The smallest absolute Gasteiger partial charge is 0.289 e. The maximum atomic E-state index is 12.4. The molecule has 2 aromatic heterocycles. The van der Waals surface area contributed by atoms with E-state index >= 15 is 0 Å². The molecule has 0 saturated heterocycles. The van der Waals surface area contributed by atoms with Crippen LogP contribution in [-0.4, -0.2) is 39.8 Å². The molecule has 0 bridgehead atoms. The lowest BCUT2D eigenvalue weighted by atomic mass is 10.2. The summed E-state index contributed by atoms with van der Waals surface area (Å²) in [6.07, 6.45) is 1.84. The molecule has 0 radical (unpaired) electrons. The largest absolute Gasteiger partial charge is 0.362 e. The molecule has 1 N–H and O–H groups in total. The molecule has 118 valence electrons. The Labute approximate surface area is 134 Å². The van der Waals surface area contributed by atoms with Gasteiger partial charge in [-0.1, -0.05) is 30.3 Å². The van der Waals surface area contributed by atoms with Gasteiger partial charge in [0.2, 0.25) is 5.82 Å². The van der Waals surface area contributed by atoms with Gasteiger partial charge in [-0.05, 0) is 5.56 Å². The van der Waals surface area contributed by atoms with Crippen molar-refractivity contribution in [1.29, 1.82) is 0 Å². The van der Waals surface area contributed by atoms with Gasteiger partial charge in [0.15, 0.2) is 5.65 Å². The normalized spacial score (nSPS) is 10.7. The van der Waals surface area contributed by atoms with Crippen LogP contribution in [0.3, 0.4) is 0 Å². The quantitative estimate of drug-likeness (QED) is 0.787. The topological polar surface area (TPSA) is 75.9 Å². The third-order valence-electron chi connectivity index (χ3n) is 3.40. The fourth-order valence-electron chi connectivity index (χ4n) is 2.30. The lowest BCUT2D eigenvalue weighted by Gasteiger charge is -2.13. The summed E-state index contributed by atoms with van der Waals surface area (Å²) in [5, 5.41) is 7.93. The first kappa shape index (κ1) is 15.0. The van der Waals surface area contributed by atoms with Crippen molar-refractivity contribution in [1.82, 2.24) is 25.1 Å². The van der Waals surface area contributed by atoms with Gasteiger partial charge in [-0.25, -0.2) is 9.97 Å². The first-order valence-corrected chi connectivity index (χ1v) is 7.25. The van der Waals surface area contributed by atoms with Crippen LogP contribution in [0.5, 0.6) is 0 Å². The molecule has 2 heterocycles. The van der Waals surface area contributed by atoms with Gasteiger partial charge >= 0.3 is 0 Å². The molecule has 1 amide bonds. The molecular weight excluding hydrogens is 292 g/mol. The van der Waals surface area contributed by atoms with Crippen LogP contribution in [0.25, 0.3) is 11.0 Å². The average Bonchev–Trinajstić information content (AvgIpc) is 2.92. The Balaban J connectivity index is 1.88. The predicted octanol–water partition coefficient (Wildman–Crippen LogP) is 1.36. The summed E-state index contributed by atoms with van der Waals surface area (Å²) in [6, 6.07) is 9.71. The van der Waals surface area contributed by atoms with Gasteiger partial charge in [-0.2, -0.15) is 5.10 Å². The number of aryl methyl sites for hydroxylation is 1. The highest BCUT2D eigenvalue weighted by Gasteiger charge is 2.17. The lowest BCUT2D eigenvalue weighted by Crippen LogP contribution is -2.26. The molecule has 7 nitrogen and oxygen atoms in total. The molecule has 0 aliphatic heterocycles. The Morgan fingerprint density at radius 2 is 1.96 bits per heavy atom. The van der Waals surface area contributed by atoms with Crippen molar-refractivity contribution in [3.8, 4) is 0 Å². The molecule has 23 heavy (non-hydrogen) atoms. The number of nitrogens with zero attached hydrogens (tertiary/aromatic N) is 5. The number of anilines is 1. The van der Waals surface area contributed by atoms with Crippen molar-refractivity contribution in [3.05, 3.63) is 47.9 Å². The molecule has 7 heteroatoms. The maximum Gasteiger partial charge on any atom is 0.289 e. The van der Waals surface area contributed by atoms with Crippen molar-refractivity contribution < 1.29 is 4.79 Å². The highest BCUT2D eigenvalue weighted by molar-refractivity contribution is 5.95. The third kappa shape index (κ3) is 3.13. The number of amides is 1. The molecule has 0 unspecified atom stereocenters. The van der Waals surface area contributed by atoms with Crippen LogP contribution in [0.1, 0.15) is 16.2 Å². The van der Waals surface area contributed by atoms with Gasteiger partial charge in [0.05, 0.1) is 5.39 Å². The standard InChI is InChI=1S/C16H18N6O/c1-21(2)15-12-10-22(3)20-13(12)18-14(19-15)16(23)17-9-11-7-5-4-6-8-11/h4-8,10H,9H2,1-3H3,(H,17,23).